The number of thioether (sulfide) groups is 1. The van der Waals surface area contributed by atoms with E-state index in [2.05, 4.69) is 10.3 Å². The highest BCUT2D eigenvalue weighted by atomic mass is 32.2. The van der Waals surface area contributed by atoms with Crippen molar-refractivity contribution < 1.29 is 18.7 Å². The van der Waals surface area contributed by atoms with Crippen molar-refractivity contribution in [2.75, 3.05) is 7.11 Å². The van der Waals surface area contributed by atoms with Gasteiger partial charge in [0.15, 0.2) is 5.17 Å². The predicted octanol–water partition coefficient (Wildman–Crippen LogP) is 4.43. The van der Waals surface area contributed by atoms with Crippen LogP contribution in [-0.4, -0.2) is 40.9 Å². The van der Waals surface area contributed by atoms with Crippen LogP contribution >= 0.6 is 11.8 Å². The van der Waals surface area contributed by atoms with Crippen LogP contribution in [-0.2, 0) is 21.9 Å². The van der Waals surface area contributed by atoms with Crippen molar-refractivity contribution in [3.8, 4) is 5.75 Å². The highest BCUT2D eigenvalue weighted by molar-refractivity contribution is 8.13. The SMILES string of the molecule is COc1ccc(CNC(=O)CC2N=C3c4ccccc4N=C(SCc4ccc(F)cc4)N3C2=O)cc1. The van der Waals surface area contributed by atoms with Gasteiger partial charge >= 0.3 is 0 Å². The molecule has 9 heteroatoms. The van der Waals surface area contributed by atoms with Crippen LogP contribution in [0.1, 0.15) is 23.1 Å². The van der Waals surface area contributed by atoms with Gasteiger partial charge in [0, 0.05) is 17.9 Å². The summed E-state index contributed by atoms with van der Waals surface area (Å²) in [6.07, 6.45) is -0.0624. The number of hydrogen-bond donors (Lipinski definition) is 1. The number of fused-ring (bicyclic) bond motifs is 3. The number of aliphatic imine (C=N–C) groups is 2. The molecule has 0 aromatic heterocycles. The third-order valence-corrected chi connectivity index (χ3v) is 6.87. The van der Waals surface area contributed by atoms with Gasteiger partial charge in [-0.05, 0) is 47.5 Å². The molecule has 182 valence electrons. The maximum Gasteiger partial charge on any atom is 0.259 e. The summed E-state index contributed by atoms with van der Waals surface area (Å²) in [6, 6.07) is 20.3. The minimum Gasteiger partial charge on any atom is -0.497 e. The summed E-state index contributed by atoms with van der Waals surface area (Å²) in [7, 11) is 1.60. The van der Waals surface area contributed by atoms with Gasteiger partial charge < -0.3 is 10.1 Å². The molecule has 0 aliphatic carbocycles. The molecule has 1 N–H and O–H groups in total. The van der Waals surface area contributed by atoms with Gasteiger partial charge in [0.2, 0.25) is 5.91 Å². The summed E-state index contributed by atoms with van der Waals surface area (Å²) in [5.41, 5.74) is 3.29. The molecule has 3 aromatic carbocycles. The van der Waals surface area contributed by atoms with Crippen LogP contribution in [0.2, 0.25) is 0 Å². The molecular formula is C27H23FN4O3S. The topological polar surface area (TPSA) is 83.4 Å². The summed E-state index contributed by atoms with van der Waals surface area (Å²) < 4.78 is 18.4. The van der Waals surface area contributed by atoms with Gasteiger partial charge in [-0.15, -0.1) is 0 Å². The Kier molecular flexibility index (Phi) is 6.81. The van der Waals surface area contributed by atoms with Crippen molar-refractivity contribution in [3.05, 3.63) is 95.3 Å². The van der Waals surface area contributed by atoms with Crippen LogP contribution in [0.5, 0.6) is 5.75 Å². The van der Waals surface area contributed by atoms with Gasteiger partial charge in [-0.1, -0.05) is 48.2 Å². The van der Waals surface area contributed by atoms with Crippen molar-refractivity contribution in [2.45, 2.75) is 24.8 Å². The Morgan fingerprint density at radius 2 is 1.78 bits per heavy atom. The number of halogens is 1. The fourth-order valence-electron chi connectivity index (χ4n) is 3.95. The number of nitrogens with one attached hydrogen (secondary N) is 1. The van der Waals surface area contributed by atoms with Crippen molar-refractivity contribution in [1.29, 1.82) is 0 Å². The summed E-state index contributed by atoms with van der Waals surface area (Å²) in [5.74, 6) is 0.892. The highest BCUT2D eigenvalue weighted by Gasteiger charge is 2.42. The minimum atomic E-state index is -0.835. The van der Waals surface area contributed by atoms with Gasteiger partial charge in [0.25, 0.3) is 5.91 Å². The number of hydrogen-bond acceptors (Lipinski definition) is 6. The Hall–Kier alpha value is -3.98. The molecule has 0 saturated heterocycles. The number of benzene rings is 3. The molecule has 0 saturated carbocycles. The second-order valence-corrected chi connectivity index (χ2v) is 9.24. The number of nitrogens with zero attached hydrogens (tertiary/aromatic N) is 3. The fraction of sp³-hybridized carbons (Fsp3) is 0.185. The second-order valence-electron chi connectivity index (χ2n) is 8.30. The molecule has 2 heterocycles. The second kappa shape index (κ2) is 10.3. The number of methoxy groups -OCH3 is 1. The Bertz CT molecular complexity index is 1360. The Morgan fingerprint density at radius 3 is 2.53 bits per heavy atom. The summed E-state index contributed by atoms with van der Waals surface area (Å²) >= 11 is 1.37. The first-order valence-electron chi connectivity index (χ1n) is 11.4. The Morgan fingerprint density at radius 1 is 1.06 bits per heavy atom. The third-order valence-electron chi connectivity index (χ3n) is 5.86. The monoisotopic (exact) mass is 502 g/mol. The first-order chi connectivity index (χ1) is 17.5. The number of amidine groups is 2. The number of carbonyl (C=O) groups excluding carboxylic acids is 2. The summed E-state index contributed by atoms with van der Waals surface area (Å²) in [4.78, 5) is 36.9. The zero-order chi connectivity index (χ0) is 25.1. The number of para-hydroxylation sites is 1. The van der Waals surface area contributed by atoms with Crippen LogP contribution in [0.4, 0.5) is 10.1 Å². The molecule has 5 rings (SSSR count). The van der Waals surface area contributed by atoms with E-state index in [9.17, 15) is 14.0 Å². The molecule has 7 nitrogen and oxygen atoms in total. The highest BCUT2D eigenvalue weighted by Crippen LogP contribution is 2.34. The number of ether oxygens (including phenoxy) is 1. The lowest BCUT2D eigenvalue weighted by atomic mass is 10.1. The summed E-state index contributed by atoms with van der Waals surface area (Å²) in [5, 5.41) is 3.35. The van der Waals surface area contributed by atoms with E-state index in [0.717, 1.165) is 22.4 Å². The normalized spacial score (nSPS) is 16.1. The zero-order valence-corrected chi connectivity index (χ0v) is 20.3. The van der Waals surface area contributed by atoms with Crippen molar-refractivity contribution in [2.24, 2.45) is 9.98 Å². The number of carbonyl (C=O) groups is 2. The number of amides is 2. The quantitative estimate of drug-likeness (QED) is 0.518. The average molecular weight is 503 g/mol. The average Bonchev–Trinajstić information content (AvgIpc) is 3.23. The molecule has 1 atom stereocenters. The molecule has 2 amide bonds. The first-order valence-corrected chi connectivity index (χ1v) is 12.4. The van der Waals surface area contributed by atoms with E-state index < -0.39 is 6.04 Å². The molecule has 0 spiro atoms. The third kappa shape index (κ3) is 5.01. The Labute approximate surface area is 212 Å². The fourth-order valence-corrected chi connectivity index (χ4v) is 4.91. The standard InChI is InChI=1S/C27H23FN4O3S/c1-35-20-12-8-17(9-13-20)15-29-24(33)14-23-26(34)32-25(30-23)21-4-2-3-5-22(21)31-27(32)36-16-18-6-10-19(28)11-7-18/h2-13,23H,14-16H2,1H3,(H,29,33). The molecule has 0 bridgehead atoms. The van der Waals surface area contributed by atoms with Crippen LogP contribution in [0, 0.1) is 5.82 Å². The van der Waals surface area contributed by atoms with E-state index in [1.54, 1.807) is 19.2 Å². The lowest BCUT2D eigenvalue weighted by Crippen LogP contribution is -2.42. The van der Waals surface area contributed by atoms with Crippen molar-refractivity contribution in [3.63, 3.8) is 0 Å². The molecule has 2 aliphatic rings. The van der Waals surface area contributed by atoms with E-state index in [4.69, 9.17) is 9.73 Å². The van der Waals surface area contributed by atoms with E-state index in [1.165, 1.54) is 28.8 Å². The number of rotatable bonds is 7. The molecule has 3 aromatic rings. The molecule has 0 radical (unpaired) electrons. The molecule has 0 fully saturated rings. The van der Waals surface area contributed by atoms with Crippen LogP contribution in [0.15, 0.2) is 82.8 Å². The maximum absolute atomic E-state index is 13.4. The van der Waals surface area contributed by atoms with Gasteiger partial charge in [-0.2, -0.15) is 0 Å². The van der Waals surface area contributed by atoms with Gasteiger partial charge in [-0.3, -0.25) is 14.6 Å². The van der Waals surface area contributed by atoms with Gasteiger partial charge in [0.05, 0.1) is 19.2 Å². The van der Waals surface area contributed by atoms with Crippen molar-refractivity contribution >= 4 is 40.3 Å². The van der Waals surface area contributed by atoms with Crippen LogP contribution in [0.3, 0.4) is 0 Å². The predicted molar refractivity (Wildman–Crippen MR) is 138 cm³/mol. The van der Waals surface area contributed by atoms with Crippen molar-refractivity contribution in [1.82, 2.24) is 10.2 Å². The largest absolute Gasteiger partial charge is 0.497 e. The lowest BCUT2D eigenvalue weighted by Gasteiger charge is -2.25. The lowest BCUT2D eigenvalue weighted by molar-refractivity contribution is -0.128. The first kappa shape index (κ1) is 23.7. The maximum atomic E-state index is 13.4. The summed E-state index contributed by atoms with van der Waals surface area (Å²) in [6.45, 7) is 0.340. The van der Waals surface area contributed by atoms with Crippen LogP contribution < -0.4 is 10.1 Å². The smallest absolute Gasteiger partial charge is 0.259 e. The van der Waals surface area contributed by atoms with E-state index in [0.29, 0.717) is 29.0 Å². The van der Waals surface area contributed by atoms with Gasteiger partial charge in [-0.25, -0.2) is 14.3 Å². The van der Waals surface area contributed by atoms with Gasteiger partial charge in [0.1, 0.15) is 23.4 Å². The van der Waals surface area contributed by atoms with E-state index in [1.807, 2.05) is 48.5 Å². The minimum absolute atomic E-state index is 0.0624. The zero-order valence-electron chi connectivity index (χ0n) is 19.5. The molecular weight excluding hydrogens is 479 g/mol. The Balaban J connectivity index is 1.30. The van der Waals surface area contributed by atoms with Crippen LogP contribution in [0.25, 0.3) is 0 Å². The molecule has 36 heavy (non-hydrogen) atoms. The molecule has 2 aliphatic heterocycles. The molecule has 1 unspecified atom stereocenters. The van der Waals surface area contributed by atoms with E-state index >= 15 is 0 Å². The van der Waals surface area contributed by atoms with E-state index in [-0.39, 0.29) is 24.1 Å².